The number of hydrogen-bond donors (Lipinski definition) is 1. The summed E-state index contributed by atoms with van der Waals surface area (Å²) in [7, 11) is 0. The van der Waals surface area contributed by atoms with Gasteiger partial charge in [0, 0.05) is 24.3 Å². The van der Waals surface area contributed by atoms with Crippen LogP contribution in [0.2, 0.25) is 0 Å². The van der Waals surface area contributed by atoms with Crippen LogP contribution in [-0.2, 0) is 4.79 Å². The van der Waals surface area contributed by atoms with E-state index in [1.807, 2.05) is 36.7 Å². The van der Waals surface area contributed by atoms with Crippen LogP contribution in [0, 0.1) is 13.8 Å². The lowest BCUT2D eigenvalue weighted by Gasteiger charge is -2.13. The molecule has 178 valence electrons. The lowest BCUT2D eigenvalue weighted by Crippen LogP contribution is -2.37. The van der Waals surface area contributed by atoms with Crippen molar-refractivity contribution in [2.45, 2.75) is 13.8 Å². The quantitative estimate of drug-likeness (QED) is 0.526. The van der Waals surface area contributed by atoms with E-state index in [-0.39, 0.29) is 36.9 Å². The molecule has 1 saturated heterocycles. The minimum absolute atomic E-state index is 0.0821. The van der Waals surface area contributed by atoms with Crippen molar-refractivity contribution in [2.24, 2.45) is 0 Å². The number of nitrogens with zero attached hydrogens (tertiary/aromatic N) is 3. The fourth-order valence-electron chi connectivity index (χ4n) is 3.87. The Bertz CT molecular complexity index is 1360. The maximum absolute atomic E-state index is 12.7. The third-order valence-corrected chi connectivity index (χ3v) is 6.48. The van der Waals surface area contributed by atoms with Gasteiger partial charge in [-0.3, -0.25) is 19.3 Å². The van der Waals surface area contributed by atoms with Gasteiger partial charge in [0.05, 0.1) is 16.3 Å². The highest BCUT2D eigenvalue weighted by Gasteiger charge is 2.34. The monoisotopic (exact) mass is 490 g/mol. The molecule has 9 nitrogen and oxygen atoms in total. The van der Waals surface area contributed by atoms with E-state index in [1.165, 1.54) is 0 Å². The molecular weight excluding hydrogens is 468 g/mol. The predicted octanol–water partition coefficient (Wildman–Crippen LogP) is 3.68. The van der Waals surface area contributed by atoms with Crippen LogP contribution in [0.1, 0.15) is 27.3 Å². The Kier molecular flexibility index (Phi) is 6.04. The second-order valence-electron chi connectivity index (χ2n) is 8.09. The average Bonchev–Trinajstić information content (AvgIpc) is 3.52. The van der Waals surface area contributed by atoms with Crippen LogP contribution >= 0.6 is 11.8 Å². The number of aromatic nitrogens is 2. The number of carbonyl (C=O) groups excluding carboxylic acids is 3. The molecule has 5 rings (SSSR count). The fraction of sp³-hybridized carbons (Fsp3) is 0.200. The molecule has 0 bridgehead atoms. The molecular formula is C25H22N4O5S. The summed E-state index contributed by atoms with van der Waals surface area (Å²) in [6, 6.07) is 14.4. The number of aryl methyl sites for hydroxylation is 2. The number of benzene rings is 2. The van der Waals surface area contributed by atoms with Gasteiger partial charge < -0.3 is 14.8 Å². The van der Waals surface area contributed by atoms with Crippen molar-refractivity contribution in [3.63, 3.8) is 0 Å². The molecule has 1 fully saturated rings. The first-order valence-electron chi connectivity index (χ1n) is 11.0. The number of thioether (sulfide) groups is 1. The number of imide groups is 1. The van der Waals surface area contributed by atoms with E-state index in [1.54, 1.807) is 36.4 Å². The molecule has 0 spiro atoms. The lowest BCUT2D eigenvalue weighted by molar-refractivity contribution is -0.122. The van der Waals surface area contributed by atoms with E-state index in [0.29, 0.717) is 22.0 Å². The summed E-state index contributed by atoms with van der Waals surface area (Å²) in [6.45, 7) is 4.28. The van der Waals surface area contributed by atoms with Crippen molar-refractivity contribution < 1.29 is 23.9 Å². The van der Waals surface area contributed by atoms with Gasteiger partial charge in [0.25, 0.3) is 17.1 Å². The first kappa shape index (κ1) is 22.7. The predicted molar refractivity (Wildman–Crippen MR) is 131 cm³/mol. The number of rotatable bonds is 6. The Morgan fingerprint density at radius 3 is 2.60 bits per heavy atom. The minimum Gasteiger partial charge on any atom is -0.454 e. The SMILES string of the molecule is Cc1cc(C)n(-c2ccc(C(=O)NCCN3C(=O)S/C(=C/c4ccc5c(c4)OCO5)C3=O)cc2)n1. The molecule has 0 atom stereocenters. The van der Waals surface area contributed by atoms with Gasteiger partial charge in [-0.2, -0.15) is 5.10 Å². The third kappa shape index (κ3) is 4.65. The molecule has 0 saturated carbocycles. The number of hydrogen-bond acceptors (Lipinski definition) is 7. The molecule has 10 heteroatoms. The highest BCUT2D eigenvalue weighted by molar-refractivity contribution is 8.18. The maximum atomic E-state index is 12.7. The van der Waals surface area contributed by atoms with Crippen molar-refractivity contribution in [1.29, 1.82) is 0 Å². The summed E-state index contributed by atoms with van der Waals surface area (Å²) < 4.78 is 12.5. The van der Waals surface area contributed by atoms with E-state index in [9.17, 15) is 14.4 Å². The first-order valence-corrected chi connectivity index (χ1v) is 11.8. The molecule has 3 heterocycles. The van der Waals surface area contributed by atoms with Gasteiger partial charge in [0.15, 0.2) is 11.5 Å². The second kappa shape index (κ2) is 9.30. The Morgan fingerprint density at radius 1 is 1.09 bits per heavy atom. The minimum atomic E-state index is -0.388. The Morgan fingerprint density at radius 2 is 1.86 bits per heavy atom. The zero-order chi connectivity index (χ0) is 24.5. The first-order chi connectivity index (χ1) is 16.9. The zero-order valence-corrected chi connectivity index (χ0v) is 19.9. The summed E-state index contributed by atoms with van der Waals surface area (Å²) in [5.74, 6) is 0.574. The van der Waals surface area contributed by atoms with Crippen LogP contribution < -0.4 is 14.8 Å². The number of nitrogens with one attached hydrogen (secondary N) is 1. The Balaban J connectivity index is 1.17. The highest BCUT2D eigenvalue weighted by atomic mass is 32.2. The van der Waals surface area contributed by atoms with Crippen molar-refractivity contribution in [3.05, 3.63) is 76.0 Å². The summed E-state index contributed by atoms with van der Waals surface area (Å²) in [5, 5.41) is 6.84. The summed E-state index contributed by atoms with van der Waals surface area (Å²) in [5.41, 5.74) is 4.00. The smallest absolute Gasteiger partial charge is 0.293 e. The van der Waals surface area contributed by atoms with Gasteiger partial charge in [0.2, 0.25) is 6.79 Å². The Hall–Kier alpha value is -4.05. The topological polar surface area (TPSA) is 103 Å². The summed E-state index contributed by atoms with van der Waals surface area (Å²) >= 11 is 0.873. The van der Waals surface area contributed by atoms with Gasteiger partial charge in [-0.25, -0.2) is 4.68 Å². The van der Waals surface area contributed by atoms with Crippen molar-refractivity contribution in [3.8, 4) is 17.2 Å². The fourth-order valence-corrected chi connectivity index (χ4v) is 4.74. The number of ether oxygens (including phenoxy) is 2. The molecule has 0 aliphatic carbocycles. The molecule has 1 aromatic heterocycles. The molecule has 0 unspecified atom stereocenters. The van der Waals surface area contributed by atoms with Gasteiger partial charge in [0.1, 0.15) is 0 Å². The van der Waals surface area contributed by atoms with Crippen LogP contribution in [0.5, 0.6) is 11.5 Å². The number of amides is 3. The summed E-state index contributed by atoms with van der Waals surface area (Å²) in [6.07, 6.45) is 1.65. The van der Waals surface area contributed by atoms with Crippen molar-refractivity contribution in [1.82, 2.24) is 20.0 Å². The maximum Gasteiger partial charge on any atom is 0.293 e. The molecule has 0 radical (unpaired) electrons. The standard InChI is InChI=1S/C25H22N4O5S/c1-15-11-16(2)29(27-15)19-6-4-18(5-7-19)23(30)26-9-10-28-24(31)22(35-25(28)32)13-17-3-8-20-21(12-17)34-14-33-20/h3-8,11-13H,9-10,14H2,1-2H3,(H,26,30)/b22-13+. The molecule has 35 heavy (non-hydrogen) atoms. The van der Waals surface area contributed by atoms with Gasteiger partial charge in [-0.15, -0.1) is 0 Å². The van der Waals surface area contributed by atoms with Crippen LogP contribution in [0.4, 0.5) is 4.79 Å². The third-order valence-electron chi connectivity index (χ3n) is 5.57. The van der Waals surface area contributed by atoms with E-state index in [2.05, 4.69) is 10.4 Å². The van der Waals surface area contributed by atoms with Crippen LogP contribution in [0.3, 0.4) is 0 Å². The van der Waals surface area contributed by atoms with Crippen molar-refractivity contribution >= 4 is 34.9 Å². The molecule has 2 aliphatic heterocycles. The second-order valence-corrected chi connectivity index (χ2v) is 9.08. The lowest BCUT2D eigenvalue weighted by atomic mass is 10.2. The van der Waals surface area contributed by atoms with E-state index < -0.39 is 0 Å². The van der Waals surface area contributed by atoms with Gasteiger partial charge >= 0.3 is 0 Å². The molecule has 2 aliphatic rings. The number of carbonyl (C=O) groups is 3. The summed E-state index contributed by atoms with van der Waals surface area (Å²) in [4.78, 5) is 39.1. The van der Waals surface area contributed by atoms with Crippen LogP contribution in [0.25, 0.3) is 11.8 Å². The average molecular weight is 491 g/mol. The zero-order valence-electron chi connectivity index (χ0n) is 19.1. The van der Waals surface area contributed by atoms with Crippen molar-refractivity contribution in [2.75, 3.05) is 19.9 Å². The number of fused-ring (bicyclic) bond motifs is 1. The largest absolute Gasteiger partial charge is 0.454 e. The van der Waals surface area contributed by atoms with Gasteiger partial charge in [-0.1, -0.05) is 6.07 Å². The molecule has 2 aromatic carbocycles. The highest BCUT2D eigenvalue weighted by Crippen LogP contribution is 2.36. The van der Waals surface area contributed by atoms with Crippen LogP contribution in [0.15, 0.2) is 53.4 Å². The van der Waals surface area contributed by atoms with E-state index >= 15 is 0 Å². The normalized spacial score (nSPS) is 15.8. The van der Waals surface area contributed by atoms with E-state index in [4.69, 9.17) is 9.47 Å². The molecule has 3 amide bonds. The van der Waals surface area contributed by atoms with Gasteiger partial charge in [-0.05, 0) is 79.7 Å². The Labute approximate surface area is 205 Å². The van der Waals surface area contributed by atoms with Crippen LogP contribution in [-0.4, -0.2) is 51.6 Å². The van der Waals surface area contributed by atoms with E-state index in [0.717, 1.165) is 39.3 Å². The molecule has 3 aromatic rings. The molecule has 1 N–H and O–H groups in total.